The summed E-state index contributed by atoms with van der Waals surface area (Å²) in [7, 11) is -1.90. The van der Waals surface area contributed by atoms with Crippen molar-refractivity contribution in [3.63, 3.8) is 0 Å². The molecule has 0 saturated carbocycles. The zero-order valence-electron chi connectivity index (χ0n) is 16.5. The van der Waals surface area contributed by atoms with E-state index >= 15 is 0 Å². The van der Waals surface area contributed by atoms with Gasteiger partial charge >= 0.3 is 11.9 Å². The van der Waals surface area contributed by atoms with Gasteiger partial charge in [0, 0.05) is 38.1 Å². The van der Waals surface area contributed by atoms with Crippen molar-refractivity contribution in [1.29, 1.82) is 0 Å². The van der Waals surface area contributed by atoms with Crippen molar-refractivity contribution in [2.45, 2.75) is 19.8 Å². The zero-order chi connectivity index (χ0) is 21.7. The number of hydrogen-bond acceptors (Lipinski definition) is 7. The molecule has 0 radical (unpaired) electrons. The number of benzene rings is 1. The van der Waals surface area contributed by atoms with E-state index in [0.29, 0.717) is 0 Å². The third-order valence-corrected chi connectivity index (χ3v) is 4.00. The van der Waals surface area contributed by atoms with Crippen LogP contribution in [-0.4, -0.2) is 55.0 Å². The molecule has 2 aliphatic rings. The maximum absolute atomic E-state index is 10.3. The predicted molar refractivity (Wildman–Crippen MR) is 111 cm³/mol. The van der Waals surface area contributed by atoms with Gasteiger partial charge in [0.1, 0.15) is 0 Å². The SMILES string of the molecule is CCCCN1C=CN(C)C1.O=C1C=CC(=O)O1.O=S(=O)(O)C=Cc1ccccc1. The molecule has 0 atom stereocenters. The van der Waals surface area contributed by atoms with Gasteiger partial charge in [0.05, 0.1) is 12.1 Å². The lowest BCUT2D eigenvalue weighted by molar-refractivity contribution is -0.150. The highest BCUT2D eigenvalue weighted by molar-refractivity contribution is 7.88. The Morgan fingerprint density at radius 3 is 2.14 bits per heavy atom. The summed E-state index contributed by atoms with van der Waals surface area (Å²) in [6.07, 6.45) is 10.4. The molecule has 0 amide bonds. The molecular weight excluding hydrogens is 396 g/mol. The van der Waals surface area contributed by atoms with E-state index in [4.69, 9.17) is 4.55 Å². The molecule has 9 heteroatoms. The number of rotatable bonds is 5. The zero-order valence-corrected chi connectivity index (χ0v) is 17.3. The van der Waals surface area contributed by atoms with Gasteiger partial charge in [-0.05, 0) is 18.1 Å². The second kappa shape index (κ2) is 12.5. The van der Waals surface area contributed by atoms with E-state index in [1.165, 1.54) is 25.5 Å². The molecule has 8 nitrogen and oxygen atoms in total. The molecule has 0 bridgehead atoms. The fraction of sp³-hybridized carbons (Fsp3) is 0.300. The molecule has 1 aromatic carbocycles. The van der Waals surface area contributed by atoms with Crippen molar-refractivity contribution in [3.05, 3.63) is 65.9 Å². The van der Waals surface area contributed by atoms with Crippen molar-refractivity contribution in [3.8, 4) is 0 Å². The molecular formula is C20H26N2O6S. The molecule has 0 fully saturated rings. The fourth-order valence-electron chi connectivity index (χ4n) is 2.13. The van der Waals surface area contributed by atoms with Crippen molar-refractivity contribution in [1.82, 2.24) is 9.80 Å². The first-order valence-electron chi connectivity index (χ1n) is 8.96. The number of unbranched alkanes of at least 4 members (excludes halogenated alkanes) is 1. The Morgan fingerprint density at radius 2 is 1.72 bits per heavy atom. The first-order chi connectivity index (χ1) is 13.7. The van der Waals surface area contributed by atoms with E-state index in [-0.39, 0.29) is 0 Å². The van der Waals surface area contributed by atoms with E-state index in [0.717, 1.165) is 29.8 Å². The highest BCUT2D eigenvalue weighted by atomic mass is 32.2. The molecule has 1 aromatic rings. The van der Waals surface area contributed by atoms with Crippen LogP contribution >= 0.6 is 0 Å². The van der Waals surface area contributed by atoms with Crippen LogP contribution in [0.1, 0.15) is 25.3 Å². The average Bonchev–Trinajstić information content (AvgIpc) is 3.27. The maximum Gasteiger partial charge on any atom is 0.338 e. The number of ether oxygens (including phenoxy) is 1. The van der Waals surface area contributed by atoms with Crippen LogP contribution in [0.15, 0.2) is 60.3 Å². The Morgan fingerprint density at radius 1 is 1.10 bits per heavy atom. The molecule has 3 rings (SSSR count). The van der Waals surface area contributed by atoms with Crippen molar-refractivity contribution < 1.29 is 27.3 Å². The van der Waals surface area contributed by atoms with Crippen LogP contribution in [-0.2, 0) is 24.4 Å². The van der Waals surface area contributed by atoms with Gasteiger partial charge in [-0.1, -0.05) is 43.7 Å². The Kier molecular flexibility index (Phi) is 10.4. The Bertz CT molecular complexity index is 831. The number of hydrogen-bond donors (Lipinski definition) is 1. The summed E-state index contributed by atoms with van der Waals surface area (Å²) in [5.41, 5.74) is 0.732. The number of carbonyl (C=O) groups is 2. The van der Waals surface area contributed by atoms with Crippen LogP contribution in [0.2, 0.25) is 0 Å². The monoisotopic (exact) mass is 422 g/mol. The summed E-state index contributed by atoms with van der Waals surface area (Å²) in [6.45, 7) is 4.50. The van der Waals surface area contributed by atoms with Crippen LogP contribution in [0.5, 0.6) is 0 Å². The molecule has 0 aromatic heterocycles. The lowest BCUT2D eigenvalue weighted by atomic mass is 10.2. The van der Waals surface area contributed by atoms with Crippen molar-refractivity contribution in [2.24, 2.45) is 0 Å². The molecule has 0 spiro atoms. The third-order valence-electron chi connectivity index (χ3n) is 3.52. The largest absolute Gasteiger partial charge is 0.387 e. The van der Waals surface area contributed by atoms with Crippen LogP contribution in [0.4, 0.5) is 0 Å². The van der Waals surface area contributed by atoms with Crippen LogP contribution in [0.3, 0.4) is 0 Å². The molecule has 158 valence electrons. The lowest BCUT2D eigenvalue weighted by Gasteiger charge is -2.17. The minimum absolute atomic E-state index is 0.579. The van der Waals surface area contributed by atoms with Crippen molar-refractivity contribution >= 4 is 28.1 Å². The molecule has 1 N–H and O–H groups in total. The van der Waals surface area contributed by atoms with Gasteiger partial charge < -0.3 is 14.5 Å². The first-order valence-corrected chi connectivity index (χ1v) is 10.5. The van der Waals surface area contributed by atoms with E-state index in [1.54, 1.807) is 24.3 Å². The molecule has 0 saturated heterocycles. The summed E-state index contributed by atoms with van der Waals surface area (Å²) >= 11 is 0. The summed E-state index contributed by atoms with van der Waals surface area (Å²) in [4.78, 5) is 24.4. The van der Waals surface area contributed by atoms with Gasteiger partial charge in [-0.2, -0.15) is 8.42 Å². The molecule has 0 unspecified atom stereocenters. The van der Waals surface area contributed by atoms with Gasteiger partial charge in [0.2, 0.25) is 0 Å². The van der Waals surface area contributed by atoms with Crippen LogP contribution < -0.4 is 0 Å². The van der Waals surface area contributed by atoms with Gasteiger partial charge in [-0.25, -0.2) is 9.59 Å². The normalized spacial score (nSPS) is 15.1. The van der Waals surface area contributed by atoms with E-state index in [2.05, 4.69) is 40.9 Å². The highest BCUT2D eigenvalue weighted by Gasteiger charge is 2.10. The second-order valence-electron chi connectivity index (χ2n) is 6.16. The number of esters is 2. The smallest absolute Gasteiger partial charge is 0.338 e. The Labute approximate surface area is 171 Å². The fourth-order valence-corrected chi connectivity index (χ4v) is 2.46. The summed E-state index contributed by atoms with van der Waals surface area (Å²) in [5, 5.41) is 0.752. The topological polar surface area (TPSA) is 104 Å². The third kappa shape index (κ3) is 12.2. The standard InChI is InChI=1S/C8H16N2.C8H8O3S.C4H2O3/c1-3-4-5-10-7-6-9(2)8-10;9-12(10,11)7-6-8-4-2-1-3-5-8;5-3-1-2-4(6)7-3/h6-7H,3-5,8H2,1-2H3;1-7H,(H,9,10,11);1-2H. The summed E-state index contributed by atoms with van der Waals surface area (Å²) < 4.78 is 32.9. The minimum atomic E-state index is -4.00. The Balaban J connectivity index is 0.000000225. The Hall–Kier alpha value is -2.91. The molecule has 2 heterocycles. The average molecular weight is 423 g/mol. The number of nitrogens with zero attached hydrogens (tertiary/aromatic N) is 2. The van der Waals surface area contributed by atoms with Gasteiger partial charge in [0.15, 0.2) is 0 Å². The van der Waals surface area contributed by atoms with Crippen LogP contribution in [0.25, 0.3) is 6.08 Å². The quantitative estimate of drug-likeness (QED) is 0.439. The molecule has 0 aliphatic carbocycles. The maximum atomic E-state index is 10.3. The van der Waals surface area contributed by atoms with E-state index in [9.17, 15) is 18.0 Å². The van der Waals surface area contributed by atoms with Gasteiger partial charge in [-0.15, -0.1) is 0 Å². The molecule has 2 aliphatic heterocycles. The summed E-state index contributed by atoms with van der Waals surface area (Å²) in [5.74, 6) is -1.16. The minimum Gasteiger partial charge on any atom is -0.387 e. The predicted octanol–water partition coefficient (Wildman–Crippen LogP) is 2.63. The van der Waals surface area contributed by atoms with E-state index < -0.39 is 22.1 Å². The second-order valence-corrected chi connectivity index (χ2v) is 7.47. The number of carbonyl (C=O) groups excluding carboxylic acids is 2. The van der Waals surface area contributed by atoms with Gasteiger partial charge in [0.25, 0.3) is 10.1 Å². The lowest BCUT2D eigenvalue weighted by Crippen LogP contribution is -2.23. The van der Waals surface area contributed by atoms with Crippen LogP contribution in [0, 0.1) is 0 Å². The summed E-state index contributed by atoms with van der Waals surface area (Å²) in [6, 6.07) is 8.86. The highest BCUT2D eigenvalue weighted by Crippen LogP contribution is 2.04. The first kappa shape index (κ1) is 24.1. The van der Waals surface area contributed by atoms with Gasteiger partial charge in [-0.3, -0.25) is 4.55 Å². The van der Waals surface area contributed by atoms with Crippen molar-refractivity contribution in [2.75, 3.05) is 20.3 Å². The van der Waals surface area contributed by atoms with E-state index in [1.807, 2.05) is 6.07 Å². The number of cyclic esters (lactones) is 2. The molecule has 29 heavy (non-hydrogen) atoms.